The summed E-state index contributed by atoms with van der Waals surface area (Å²) < 4.78 is 10.7. The lowest BCUT2D eigenvalue weighted by Gasteiger charge is -2.18. The number of aliphatic imine (C=N–C) groups is 1. The molecular formula is C42H73ClN2O3. The average Bonchev–Trinajstić information content (AvgIpc) is 3.08. The predicted molar refractivity (Wildman–Crippen MR) is 214 cm³/mol. The highest BCUT2D eigenvalue weighted by Crippen LogP contribution is 2.25. The maximum atomic E-state index is 12.3. The zero-order valence-corrected chi connectivity index (χ0v) is 34.1. The van der Waals surface area contributed by atoms with Gasteiger partial charge in [0.15, 0.2) is 0 Å². The molecule has 0 saturated heterocycles. The molecule has 0 fully saturated rings. The van der Waals surface area contributed by atoms with Gasteiger partial charge in [-0.15, -0.1) is 0 Å². The van der Waals surface area contributed by atoms with Crippen LogP contribution in [-0.4, -0.2) is 44.1 Å². The number of carbonyl (C=O) groups is 1. The number of allylic oxidation sites excluding steroid dienone is 6. The second kappa shape index (κ2) is 34.4. The topological polar surface area (TPSA) is 59.9 Å². The first-order valence-corrected chi connectivity index (χ1v) is 18.9. The van der Waals surface area contributed by atoms with Gasteiger partial charge in [0, 0.05) is 24.4 Å². The van der Waals surface area contributed by atoms with Crippen LogP contribution in [0.3, 0.4) is 0 Å². The van der Waals surface area contributed by atoms with Crippen LogP contribution in [-0.2, 0) is 20.7 Å². The van der Waals surface area contributed by atoms with Gasteiger partial charge in [-0.2, -0.15) is 0 Å². The molecule has 2 atom stereocenters. The van der Waals surface area contributed by atoms with E-state index in [0.29, 0.717) is 6.61 Å². The first-order chi connectivity index (χ1) is 23.0. The molecule has 0 aromatic heterocycles. The number of benzene rings is 1. The van der Waals surface area contributed by atoms with Crippen molar-refractivity contribution in [3.63, 3.8) is 0 Å². The van der Waals surface area contributed by atoms with Crippen molar-refractivity contribution in [2.75, 3.05) is 20.3 Å². The number of rotatable bonds is 19. The number of nitrogens with one attached hydrogen (secondary N) is 1. The van der Waals surface area contributed by atoms with Gasteiger partial charge in [-0.05, 0) is 95.6 Å². The van der Waals surface area contributed by atoms with Crippen LogP contribution in [0.2, 0.25) is 0 Å². The molecule has 1 N–H and O–H groups in total. The molecule has 0 spiro atoms. The molecule has 0 bridgehead atoms. The largest absolute Gasteiger partial charge is 0.378 e. The lowest BCUT2D eigenvalue weighted by molar-refractivity contribution is -0.118. The quantitative estimate of drug-likeness (QED) is 0.116. The van der Waals surface area contributed by atoms with Crippen molar-refractivity contribution in [1.82, 2.24) is 5.32 Å². The fourth-order valence-corrected chi connectivity index (χ4v) is 4.83. The Hall–Kier alpha value is -2.47. The van der Waals surface area contributed by atoms with Crippen molar-refractivity contribution in [2.24, 2.45) is 10.9 Å². The van der Waals surface area contributed by atoms with Gasteiger partial charge in [-0.25, -0.2) is 0 Å². The van der Waals surface area contributed by atoms with Gasteiger partial charge in [-0.3, -0.25) is 9.79 Å². The first-order valence-electron chi connectivity index (χ1n) is 18.5. The van der Waals surface area contributed by atoms with Crippen molar-refractivity contribution in [3.8, 4) is 0 Å². The number of carbonyl (C=O) groups excluding carboxylic acids is 1. The van der Waals surface area contributed by atoms with E-state index in [9.17, 15) is 4.79 Å². The Kier molecular flexibility index (Phi) is 35.8. The minimum absolute atomic E-state index is 0.0147. The van der Waals surface area contributed by atoms with E-state index >= 15 is 0 Å². The molecule has 0 saturated carbocycles. The zero-order chi connectivity index (χ0) is 37.3. The predicted octanol–water partition coefficient (Wildman–Crippen LogP) is 12.2. The molecule has 1 aromatic rings. The maximum Gasteiger partial charge on any atom is 0.245 e. The number of hydrogen-bond acceptors (Lipinski definition) is 4. The molecule has 0 radical (unpaired) electrons. The van der Waals surface area contributed by atoms with E-state index in [4.69, 9.17) is 21.1 Å². The molecular weight excluding hydrogens is 616 g/mol. The fraction of sp³-hybridized carbons (Fsp3) is 0.619. The van der Waals surface area contributed by atoms with Crippen LogP contribution < -0.4 is 5.32 Å². The fourth-order valence-electron chi connectivity index (χ4n) is 4.77. The highest BCUT2D eigenvalue weighted by Gasteiger charge is 2.10. The highest BCUT2D eigenvalue weighted by atomic mass is 35.5. The van der Waals surface area contributed by atoms with Gasteiger partial charge >= 0.3 is 0 Å². The van der Waals surface area contributed by atoms with Crippen molar-refractivity contribution in [3.05, 3.63) is 82.1 Å². The number of amides is 1. The van der Waals surface area contributed by atoms with E-state index in [1.165, 1.54) is 31.2 Å². The third-order valence-electron chi connectivity index (χ3n) is 7.06. The normalized spacial score (nSPS) is 13.5. The van der Waals surface area contributed by atoms with Crippen LogP contribution in [0.15, 0.2) is 75.9 Å². The summed E-state index contributed by atoms with van der Waals surface area (Å²) in [6, 6.07) is 8.35. The number of halogens is 1. The smallest absolute Gasteiger partial charge is 0.245 e. The molecule has 0 aliphatic rings. The van der Waals surface area contributed by atoms with Crippen molar-refractivity contribution >= 4 is 23.2 Å². The summed E-state index contributed by atoms with van der Waals surface area (Å²) in [6.45, 7) is 27.3. The average molecular weight is 690 g/mol. The summed E-state index contributed by atoms with van der Waals surface area (Å²) in [6.07, 6.45) is 18.4. The van der Waals surface area contributed by atoms with Crippen LogP contribution in [0, 0.1) is 5.92 Å². The lowest BCUT2D eigenvalue weighted by Crippen LogP contribution is -2.25. The molecule has 1 rings (SSSR count). The second-order valence-electron chi connectivity index (χ2n) is 11.1. The number of ether oxygens (including phenoxy) is 2. The SMILES string of the molecule is CC.CC.CCCC(CCC)/C(=C/C=C(\C)Cl)CC.CCCc1ccc(C(/C=C/C(C)OCC)=NCC(=O)N/C(C)=C/C(C)OC)cc1. The van der Waals surface area contributed by atoms with Crippen LogP contribution in [0.4, 0.5) is 0 Å². The summed E-state index contributed by atoms with van der Waals surface area (Å²) in [5.74, 6) is 0.602. The third-order valence-corrected chi connectivity index (χ3v) is 7.19. The van der Waals surface area contributed by atoms with Gasteiger partial charge in [-0.1, -0.05) is 128 Å². The van der Waals surface area contributed by atoms with E-state index in [0.717, 1.165) is 47.2 Å². The molecule has 0 aliphatic carbocycles. The van der Waals surface area contributed by atoms with E-state index in [1.807, 2.05) is 86.6 Å². The molecule has 0 heterocycles. The Balaban J connectivity index is -0.000000897. The minimum atomic E-state index is -0.159. The molecule has 5 nitrogen and oxygen atoms in total. The van der Waals surface area contributed by atoms with Crippen LogP contribution >= 0.6 is 11.6 Å². The van der Waals surface area contributed by atoms with E-state index in [2.05, 4.69) is 68.3 Å². The van der Waals surface area contributed by atoms with Gasteiger partial charge in [0.25, 0.3) is 0 Å². The summed E-state index contributed by atoms with van der Waals surface area (Å²) in [4.78, 5) is 16.8. The van der Waals surface area contributed by atoms with E-state index in [1.54, 1.807) is 12.7 Å². The standard InChI is InChI=1S/C24H36N2O3.C14H25Cl.2C2H6/c1-7-9-21-11-13-22(14-12-21)23(15-10-19(4)29-8-2)25-17-24(27)26-18(3)16-20(5)28-6;1-5-8-14(9-6-2)13(7-3)11-10-12(4)15;2*1-2/h10-16,19-20H,7-9,17H2,1-6H3,(H,26,27);10-11,14H,5-9H2,1-4H3;2*1-2H3/b15-10+,18-16+,25-23?;12-10+,13-11+;;. The van der Waals surface area contributed by atoms with Gasteiger partial charge in [0.1, 0.15) is 6.54 Å². The van der Waals surface area contributed by atoms with E-state index in [-0.39, 0.29) is 24.7 Å². The first kappa shape index (κ1) is 49.9. The molecule has 48 heavy (non-hydrogen) atoms. The van der Waals surface area contributed by atoms with E-state index < -0.39 is 0 Å². The molecule has 276 valence electrons. The van der Waals surface area contributed by atoms with Gasteiger partial charge in [0.2, 0.25) is 5.91 Å². The number of aryl methyl sites for hydroxylation is 1. The van der Waals surface area contributed by atoms with Crippen LogP contribution in [0.1, 0.15) is 140 Å². The number of methoxy groups -OCH3 is 1. The van der Waals surface area contributed by atoms with Crippen LogP contribution in [0.5, 0.6) is 0 Å². The Bertz CT molecular complexity index is 1060. The summed E-state index contributed by atoms with van der Waals surface area (Å²) in [5.41, 5.74) is 5.36. The molecule has 0 aliphatic heterocycles. The zero-order valence-electron chi connectivity index (χ0n) is 33.3. The second-order valence-corrected chi connectivity index (χ2v) is 11.7. The minimum Gasteiger partial charge on any atom is -0.378 e. The molecule has 2 unspecified atom stereocenters. The number of nitrogens with zero attached hydrogens (tertiary/aromatic N) is 1. The molecule has 1 amide bonds. The highest BCUT2D eigenvalue weighted by molar-refractivity contribution is 6.29. The summed E-state index contributed by atoms with van der Waals surface area (Å²) in [7, 11) is 1.63. The maximum absolute atomic E-state index is 12.3. The third kappa shape index (κ3) is 26.5. The molecule has 1 aromatic carbocycles. The van der Waals surface area contributed by atoms with Crippen LogP contribution in [0.25, 0.3) is 0 Å². The lowest BCUT2D eigenvalue weighted by atomic mass is 9.88. The Labute approximate surface area is 302 Å². The number of hydrogen-bond donors (Lipinski definition) is 1. The van der Waals surface area contributed by atoms with Crippen molar-refractivity contribution in [2.45, 2.75) is 147 Å². The van der Waals surface area contributed by atoms with Crippen molar-refractivity contribution in [1.29, 1.82) is 0 Å². The van der Waals surface area contributed by atoms with Gasteiger partial charge in [0.05, 0.1) is 17.9 Å². The Morgan fingerprint density at radius 3 is 1.94 bits per heavy atom. The monoisotopic (exact) mass is 689 g/mol. The van der Waals surface area contributed by atoms with Gasteiger partial charge < -0.3 is 14.8 Å². The summed E-state index contributed by atoms with van der Waals surface area (Å²) >= 11 is 5.85. The summed E-state index contributed by atoms with van der Waals surface area (Å²) in [5, 5.41) is 3.72. The van der Waals surface area contributed by atoms with Crippen molar-refractivity contribution < 1.29 is 14.3 Å². The Morgan fingerprint density at radius 1 is 0.896 bits per heavy atom. The molecule has 6 heteroatoms. The Morgan fingerprint density at radius 2 is 1.48 bits per heavy atom.